The van der Waals surface area contributed by atoms with Gasteiger partial charge in [0.2, 0.25) is 5.91 Å². The molecule has 1 fully saturated rings. The number of nitrogens with zero attached hydrogens (tertiary/aromatic N) is 2. The number of nitrogens with one attached hydrogen (secondary N) is 1. The number of halogens is 1. The van der Waals surface area contributed by atoms with Crippen LogP contribution in [0.2, 0.25) is 5.02 Å². The van der Waals surface area contributed by atoms with Gasteiger partial charge in [-0.1, -0.05) is 37.6 Å². The lowest BCUT2D eigenvalue weighted by atomic mass is 9.70. The fraction of sp³-hybridized carbons (Fsp3) is 0.474. The number of piperidine rings is 1. The molecule has 2 aromatic rings. The zero-order valence-electron chi connectivity index (χ0n) is 14.9. The maximum absolute atomic E-state index is 12.6. The topological polar surface area (TPSA) is 45.2 Å². The Labute approximate surface area is 158 Å². The largest absolute Gasteiger partial charge is 0.352 e. The van der Waals surface area contributed by atoms with Gasteiger partial charge in [0.15, 0.2) is 5.13 Å². The molecule has 1 aromatic carbocycles. The molecule has 0 spiro atoms. The third-order valence-corrected chi connectivity index (χ3v) is 6.03. The number of anilines is 1. The third kappa shape index (κ3) is 4.33. The normalized spacial score (nSPS) is 19.7. The lowest BCUT2D eigenvalue weighted by molar-refractivity contribution is -0.132. The van der Waals surface area contributed by atoms with Crippen molar-refractivity contribution in [1.29, 1.82) is 0 Å². The van der Waals surface area contributed by atoms with Crippen LogP contribution in [-0.4, -0.2) is 35.4 Å². The molecule has 6 heteroatoms. The van der Waals surface area contributed by atoms with E-state index < -0.39 is 0 Å². The molecule has 25 heavy (non-hydrogen) atoms. The summed E-state index contributed by atoms with van der Waals surface area (Å²) >= 11 is 7.54. The van der Waals surface area contributed by atoms with Crippen molar-refractivity contribution in [2.75, 3.05) is 25.0 Å². The lowest BCUT2D eigenvalue weighted by Crippen LogP contribution is -2.48. The van der Waals surface area contributed by atoms with Gasteiger partial charge in [-0.2, -0.15) is 0 Å². The van der Waals surface area contributed by atoms with Crippen molar-refractivity contribution >= 4 is 34.0 Å². The Morgan fingerprint density at radius 1 is 1.40 bits per heavy atom. The molecule has 1 aliphatic heterocycles. The van der Waals surface area contributed by atoms with Gasteiger partial charge in [-0.25, -0.2) is 4.98 Å². The Kier molecular flexibility index (Phi) is 5.35. The minimum atomic E-state index is 0.0273. The Bertz CT molecular complexity index is 741. The predicted molar refractivity (Wildman–Crippen MR) is 105 cm³/mol. The zero-order chi connectivity index (χ0) is 18.0. The quantitative estimate of drug-likeness (QED) is 0.849. The first-order valence-electron chi connectivity index (χ1n) is 8.54. The second-order valence-electron chi connectivity index (χ2n) is 7.34. The molecule has 1 aliphatic rings. The highest BCUT2D eigenvalue weighted by Gasteiger charge is 2.38. The van der Waals surface area contributed by atoms with Gasteiger partial charge in [0.25, 0.3) is 0 Å². The van der Waals surface area contributed by atoms with Gasteiger partial charge in [-0.05, 0) is 42.4 Å². The van der Waals surface area contributed by atoms with Gasteiger partial charge in [-0.15, -0.1) is 11.3 Å². The van der Waals surface area contributed by atoms with Crippen LogP contribution in [0.3, 0.4) is 0 Å². The summed E-state index contributed by atoms with van der Waals surface area (Å²) in [5, 5.41) is 6.69. The summed E-state index contributed by atoms with van der Waals surface area (Å²) in [6.45, 7) is 8.28. The summed E-state index contributed by atoms with van der Waals surface area (Å²) in [4.78, 5) is 18.9. The summed E-state index contributed by atoms with van der Waals surface area (Å²) in [7, 11) is 0. The minimum absolute atomic E-state index is 0.0273. The molecule has 1 N–H and O–H groups in total. The Hall–Kier alpha value is -1.59. The number of benzene rings is 1. The summed E-state index contributed by atoms with van der Waals surface area (Å²) < 4.78 is 0. The van der Waals surface area contributed by atoms with Crippen LogP contribution in [0.4, 0.5) is 5.13 Å². The number of rotatable bonds is 4. The fourth-order valence-electron chi connectivity index (χ4n) is 3.58. The Morgan fingerprint density at radius 2 is 2.12 bits per heavy atom. The summed E-state index contributed by atoms with van der Waals surface area (Å²) in [5.74, 6) is 0.568. The number of likely N-dealkylation sites (tertiary alicyclic amines) is 1. The van der Waals surface area contributed by atoms with Gasteiger partial charge >= 0.3 is 0 Å². The van der Waals surface area contributed by atoms with Crippen molar-refractivity contribution in [2.45, 2.75) is 33.1 Å². The first-order chi connectivity index (χ1) is 11.8. The molecule has 4 nitrogen and oxygen atoms in total. The molecular weight excluding hydrogens is 354 g/mol. The molecule has 0 bridgehead atoms. The van der Waals surface area contributed by atoms with E-state index in [0.29, 0.717) is 12.5 Å². The zero-order valence-corrected chi connectivity index (χ0v) is 16.5. The van der Waals surface area contributed by atoms with Crippen LogP contribution < -0.4 is 5.32 Å². The summed E-state index contributed by atoms with van der Waals surface area (Å²) in [6.07, 6.45) is 0.969. The standard InChI is InChI=1S/C19H24ClN3OS/c1-13-11-25-18(22-13)21-10-17(24)23-9-8-16(19(2,3)12-23)14-4-6-15(20)7-5-14/h4-7,11,16H,8-10,12H2,1-3H3,(H,21,22). The number of amides is 1. The number of aromatic nitrogens is 1. The van der Waals surface area contributed by atoms with Crippen molar-refractivity contribution in [1.82, 2.24) is 9.88 Å². The smallest absolute Gasteiger partial charge is 0.241 e. The van der Waals surface area contributed by atoms with Crippen molar-refractivity contribution in [3.63, 3.8) is 0 Å². The van der Waals surface area contributed by atoms with E-state index in [1.54, 1.807) is 0 Å². The molecule has 0 radical (unpaired) electrons. The van der Waals surface area contributed by atoms with Gasteiger partial charge in [0.1, 0.15) is 0 Å². The van der Waals surface area contributed by atoms with E-state index in [2.05, 4.69) is 36.3 Å². The maximum atomic E-state index is 12.6. The molecule has 0 saturated carbocycles. The van der Waals surface area contributed by atoms with E-state index in [0.717, 1.165) is 35.4 Å². The second-order valence-corrected chi connectivity index (χ2v) is 8.64. The average molecular weight is 378 g/mol. The molecule has 1 aromatic heterocycles. The first kappa shape index (κ1) is 18.2. The highest BCUT2D eigenvalue weighted by Crippen LogP contribution is 2.42. The Balaban J connectivity index is 1.61. The van der Waals surface area contributed by atoms with E-state index in [-0.39, 0.29) is 11.3 Å². The van der Waals surface area contributed by atoms with E-state index >= 15 is 0 Å². The molecule has 2 heterocycles. The van der Waals surface area contributed by atoms with Crippen LogP contribution in [-0.2, 0) is 4.79 Å². The first-order valence-corrected chi connectivity index (χ1v) is 9.80. The highest BCUT2D eigenvalue weighted by molar-refractivity contribution is 7.13. The number of aryl methyl sites for hydroxylation is 1. The maximum Gasteiger partial charge on any atom is 0.241 e. The van der Waals surface area contributed by atoms with Crippen LogP contribution in [0.15, 0.2) is 29.6 Å². The molecule has 134 valence electrons. The van der Waals surface area contributed by atoms with E-state index in [1.165, 1.54) is 16.9 Å². The summed E-state index contributed by atoms with van der Waals surface area (Å²) in [6, 6.07) is 8.12. The average Bonchev–Trinajstić information content (AvgIpc) is 2.98. The molecular formula is C19H24ClN3OS. The van der Waals surface area contributed by atoms with Gasteiger partial charge < -0.3 is 10.2 Å². The molecule has 3 rings (SSSR count). The van der Waals surface area contributed by atoms with Crippen molar-refractivity contribution in [2.24, 2.45) is 5.41 Å². The molecule has 1 saturated heterocycles. The van der Waals surface area contributed by atoms with Gasteiger partial charge in [0, 0.05) is 23.5 Å². The summed E-state index contributed by atoms with van der Waals surface area (Å²) in [5.41, 5.74) is 2.31. The number of carbonyl (C=O) groups excluding carboxylic acids is 1. The second kappa shape index (κ2) is 7.34. The molecule has 1 unspecified atom stereocenters. The molecule has 1 amide bonds. The third-order valence-electron chi connectivity index (χ3n) is 4.86. The minimum Gasteiger partial charge on any atom is -0.352 e. The number of thiazole rings is 1. The van der Waals surface area contributed by atoms with E-state index in [4.69, 9.17) is 11.6 Å². The lowest BCUT2D eigenvalue weighted by Gasteiger charge is -2.44. The Morgan fingerprint density at radius 3 is 2.72 bits per heavy atom. The van der Waals surface area contributed by atoms with Crippen molar-refractivity contribution < 1.29 is 4.79 Å². The molecule has 1 atom stereocenters. The number of carbonyl (C=O) groups is 1. The highest BCUT2D eigenvalue weighted by atomic mass is 35.5. The molecule has 0 aliphatic carbocycles. The number of hydrogen-bond donors (Lipinski definition) is 1. The van der Waals surface area contributed by atoms with Gasteiger partial charge in [0.05, 0.1) is 12.2 Å². The number of hydrogen-bond acceptors (Lipinski definition) is 4. The van der Waals surface area contributed by atoms with Gasteiger partial charge in [-0.3, -0.25) is 4.79 Å². The van der Waals surface area contributed by atoms with Crippen LogP contribution in [0.1, 0.15) is 37.4 Å². The van der Waals surface area contributed by atoms with Crippen LogP contribution >= 0.6 is 22.9 Å². The van der Waals surface area contributed by atoms with E-state index in [1.807, 2.05) is 29.3 Å². The monoisotopic (exact) mass is 377 g/mol. The SMILES string of the molecule is Cc1csc(NCC(=O)N2CCC(c3ccc(Cl)cc3)C(C)(C)C2)n1. The van der Waals surface area contributed by atoms with Crippen LogP contribution in [0.5, 0.6) is 0 Å². The van der Waals surface area contributed by atoms with Crippen LogP contribution in [0.25, 0.3) is 0 Å². The predicted octanol–water partition coefficient (Wildman–Crippen LogP) is 4.56. The van der Waals surface area contributed by atoms with Crippen LogP contribution in [0, 0.1) is 12.3 Å². The van der Waals surface area contributed by atoms with Crippen molar-refractivity contribution in [3.8, 4) is 0 Å². The van der Waals surface area contributed by atoms with Crippen molar-refractivity contribution in [3.05, 3.63) is 45.9 Å². The van der Waals surface area contributed by atoms with E-state index in [9.17, 15) is 4.79 Å². The fourth-order valence-corrected chi connectivity index (χ4v) is 4.39.